The van der Waals surface area contributed by atoms with Crippen LogP contribution in [0, 0.1) is 29.1 Å². The summed E-state index contributed by atoms with van der Waals surface area (Å²) in [5.41, 5.74) is -1.11. The molecule has 0 spiro atoms. The van der Waals surface area contributed by atoms with Gasteiger partial charge in [0, 0.05) is 11.5 Å². The maximum Gasteiger partial charge on any atom is 0.200 e. The smallest absolute Gasteiger partial charge is 0.200 e. The molecule has 0 aromatic heterocycles. The van der Waals surface area contributed by atoms with Gasteiger partial charge in [0.1, 0.15) is 0 Å². The zero-order valence-corrected chi connectivity index (χ0v) is 12.4. The lowest BCUT2D eigenvalue weighted by molar-refractivity contribution is 0.366. The standard InChI is InChI=1S/C15H9F5O2S/c1-6-9(7-4-2-3-5-8(7)23(6,21)22)10-11(16)13(18)15(20)14(19)12(10)17/h2-6,9H,1H3. The molecule has 2 nitrogen and oxygen atoms in total. The van der Waals surface area contributed by atoms with Crippen LogP contribution in [-0.2, 0) is 9.84 Å². The minimum atomic E-state index is -3.92. The average molecular weight is 348 g/mol. The molecule has 0 N–H and O–H groups in total. The Hall–Kier alpha value is -1.96. The van der Waals surface area contributed by atoms with Gasteiger partial charge in [0.15, 0.2) is 33.1 Å². The van der Waals surface area contributed by atoms with E-state index in [9.17, 15) is 30.4 Å². The molecule has 122 valence electrons. The number of benzene rings is 2. The van der Waals surface area contributed by atoms with Gasteiger partial charge in [-0.05, 0) is 18.6 Å². The molecule has 0 amide bonds. The van der Waals surface area contributed by atoms with Crippen LogP contribution in [0.1, 0.15) is 24.0 Å². The SMILES string of the molecule is CC1C(c2c(F)c(F)c(F)c(F)c2F)c2ccccc2S1(=O)=O. The summed E-state index contributed by atoms with van der Waals surface area (Å²) in [5, 5.41) is -1.35. The summed E-state index contributed by atoms with van der Waals surface area (Å²) in [4.78, 5) is -0.165. The van der Waals surface area contributed by atoms with Crippen LogP contribution < -0.4 is 0 Å². The molecule has 23 heavy (non-hydrogen) atoms. The molecule has 2 aromatic rings. The van der Waals surface area contributed by atoms with E-state index in [1.165, 1.54) is 31.2 Å². The second-order valence-electron chi connectivity index (χ2n) is 5.25. The van der Waals surface area contributed by atoms with Gasteiger partial charge < -0.3 is 0 Å². The van der Waals surface area contributed by atoms with Crippen molar-refractivity contribution in [3.63, 3.8) is 0 Å². The Morgan fingerprint density at radius 2 is 1.30 bits per heavy atom. The van der Waals surface area contributed by atoms with E-state index in [4.69, 9.17) is 0 Å². The van der Waals surface area contributed by atoms with E-state index in [-0.39, 0.29) is 10.5 Å². The molecule has 0 radical (unpaired) electrons. The molecular formula is C15H9F5O2S. The van der Waals surface area contributed by atoms with Gasteiger partial charge in [0.25, 0.3) is 0 Å². The highest BCUT2D eigenvalue weighted by molar-refractivity contribution is 7.92. The maximum atomic E-state index is 14.1. The molecule has 0 fully saturated rings. The number of halogens is 5. The highest BCUT2D eigenvalue weighted by atomic mass is 32.2. The first-order chi connectivity index (χ1) is 10.7. The Labute approximate surface area is 128 Å². The molecule has 1 heterocycles. The van der Waals surface area contributed by atoms with Gasteiger partial charge in [0.05, 0.1) is 10.1 Å². The van der Waals surface area contributed by atoms with Gasteiger partial charge in [-0.3, -0.25) is 0 Å². The van der Waals surface area contributed by atoms with E-state index >= 15 is 0 Å². The first-order valence-electron chi connectivity index (χ1n) is 6.53. The van der Waals surface area contributed by atoms with Crippen LogP contribution >= 0.6 is 0 Å². The van der Waals surface area contributed by atoms with Crippen molar-refractivity contribution in [3.05, 3.63) is 64.5 Å². The fraction of sp³-hybridized carbons (Fsp3) is 0.200. The lowest BCUT2D eigenvalue weighted by Crippen LogP contribution is -2.21. The third-order valence-electron chi connectivity index (χ3n) is 4.07. The Kier molecular flexibility index (Phi) is 3.47. The van der Waals surface area contributed by atoms with E-state index in [2.05, 4.69) is 0 Å². The van der Waals surface area contributed by atoms with Crippen molar-refractivity contribution < 1.29 is 30.4 Å². The summed E-state index contributed by atoms with van der Waals surface area (Å²) < 4.78 is 92.8. The number of hydrogen-bond acceptors (Lipinski definition) is 2. The van der Waals surface area contributed by atoms with Gasteiger partial charge in [0.2, 0.25) is 5.82 Å². The lowest BCUT2D eigenvalue weighted by atomic mass is 9.88. The van der Waals surface area contributed by atoms with Gasteiger partial charge >= 0.3 is 0 Å². The Bertz CT molecular complexity index is 895. The molecule has 2 unspecified atom stereocenters. The molecule has 0 saturated heterocycles. The number of rotatable bonds is 1. The van der Waals surface area contributed by atoms with Gasteiger partial charge in [-0.15, -0.1) is 0 Å². The van der Waals surface area contributed by atoms with Crippen molar-refractivity contribution in [3.8, 4) is 0 Å². The van der Waals surface area contributed by atoms with E-state index in [1.54, 1.807) is 0 Å². The number of sulfone groups is 1. The topological polar surface area (TPSA) is 34.1 Å². The normalized spacial score (nSPS) is 22.2. The summed E-state index contributed by atoms with van der Waals surface area (Å²) in [6.07, 6.45) is 0. The van der Waals surface area contributed by atoms with Crippen molar-refractivity contribution in [1.29, 1.82) is 0 Å². The fourth-order valence-electron chi connectivity index (χ4n) is 2.91. The van der Waals surface area contributed by atoms with Crippen LogP contribution in [0.5, 0.6) is 0 Å². The Morgan fingerprint density at radius 1 is 0.826 bits per heavy atom. The van der Waals surface area contributed by atoms with Crippen LogP contribution in [0.15, 0.2) is 29.2 Å². The molecule has 0 saturated carbocycles. The quantitative estimate of drug-likeness (QED) is 0.447. The molecule has 0 aliphatic carbocycles. The maximum absolute atomic E-state index is 14.1. The molecule has 2 aromatic carbocycles. The number of fused-ring (bicyclic) bond motifs is 1. The third kappa shape index (κ3) is 2.00. The van der Waals surface area contributed by atoms with Crippen molar-refractivity contribution in [2.24, 2.45) is 0 Å². The predicted octanol–water partition coefficient (Wildman–Crippen LogP) is 3.69. The van der Waals surface area contributed by atoms with E-state index in [0.29, 0.717) is 0 Å². The van der Waals surface area contributed by atoms with Crippen LogP contribution in [-0.4, -0.2) is 13.7 Å². The van der Waals surface area contributed by atoms with Crippen LogP contribution in [0.2, 0.25) is 0 Å². The second kappa shape index (κ2) is 5.02. The third-order valence-corrected chi connectivity index (χ3v) is 6.31. The summed E-state index contributed by atoms with van der Waals surface area (Å²) >= 11 is 0. The Morgan fingerprint density at radius 3 is 1.87 bits per heavy atom. The summed E-state index contributed by atoms with van der Waals surface area (Å²) in [6.45, 7) is 1.18. The highest BCUT2D eigenvalue weighted by Crippen LogP contribution is 2.46. The minimum Gasteiger partial charge on any atom is -0.223 e. The highest BCUT2D eigenvalue weighted by Gasteiger charge is 2.46. The van der Waals surface area contributed by atoms with Crippen LogP contribution in [0.25, 0.3) is 0 Å². The van der Waals surface area contributed by atoms with E-state index < -0.39 is 55.7 Å². The monoisotopic (exact) mass is 348 g/mol. The van der Waals surface area contributed by atoms with Crippen molar-refractivity contribution in [2.45, 2.75) is 23.0 Å². The molecular weight excluding hydrogens is 339 g/mol. The van der Waals surface area contributed by atoms with Crippen LogP contribution in [0.4, 0.5) is 22.0 Å². The van der Waals surface area contributed by atoms with Gasteiger partial charge in [-0.2, -0.15) is 0 Å². The first-order valence-corrected chi connectivity index (χ1v) is 8.08. The fourth-order valence-corrected chi connectivity index (χ4v) is 4.75. The summed E-state index contributed by atoms with van der Waals surface area (Å²) in [7, 11) is -3.92. The first kappa shape index (κ1) is 15.9. The minimum absolute atomic E-state index is 0.0169. The average Bonchev–Trinajstić information content (AvgIpc) is 2.73. The van der Waals surface area contributed by atoms with E-state index in [1.807, 2.05) is 0 Å². The summed E-state index contributed by atoms with van der Waals surface area (Å²) in [5.74, 6) is -11.9. The molecule has 1 aliphatic heterocycles. The zero-order valence-electron chi connectivity index (χ0n) is 11.6. The zero-order chi connectivity index (χ0) is 17.1. The second-order valence-corrected chi connectivity index (χ2v) is 7.52. The lowest BCUT2D eigenvalue weighted by Gasteiger charge is -2.18. The predicted molar refractivity (Wildman–Crippen MR) is 71.2 cm³/mol. The molecule has 3 rings (SSSR count). The van der Waals surface area contributed by atoms with Crippen LogP contribution in [0.3, 0.4) is 0 Å². The van der Waals surface area contributed by atoms with Crippen molar-refractivity contribution >= 4 is 9.84 Å². The molecule has 2 atom stereocenters. The Balaban J connectivity index is 2.38. The largest absolute Gasteiger partial charge is 0.223 e. The van der Waals surface area contributed by atoms with E-state index in [0.717, 1.165) is 0 Å². The van der Waals surface area contributed by atoms with Gasteiger partial charge in [-0.1, -0.05) is 18.2 Å². The van der Waals surface area contributed by atoms with Crippen molar-refractivity contribution in [1.82, 2.24) is 0 Å². The van der Waals surface area contributed by atoms with Gasteiger partial charge in [-0.25, -0.2) is 30.4 Å². The number of hydrogen-bond donors (Lipinski definition) is 0. The molecule has 1 aliphatic rings. The molecule has 0 bridgehead atoms. The van der Waals surface area contributed by atoms with Crippen molar-refractivity contribution in [2.75, 3.05) is 0 Å². The molecule has 8 heteroatoms. The summed E-state index contributed by atoms with van der Waals surface area (Å²) in [6, 6.07) is 5.40.